The Kier molecular flexibility index (Phi) is 9.06. The third-order valence-corrected chi connectivity index (χ3v) is 6.04. The van der Waals surface area contributed by atoms with Crippen LogP contribution in [0, 0.1) is 5.92 Å². The molecular weight excluding hydrogens is 398 g/mol. The molecule has 1 aromatic rings. The number of benzene rings is 1. The summed E-state index contributed by atoms with van der Waals surface area (Å²) in [5.74, 6) is 0.389. The lowest BCUT2D eigenvalue weighted by atomic mass is 9.93. The summed E-state index contributed by atoms with van der Waals surface area (Å²) in [7, 11) is 1.64. The lowest BCUT2D eigenvalue weighted by Crippen LogP contribution is -2.49. The van der Waals surface area contributed by atoms with Crippen molar-refractivity contribution in [2.24, 2.45) is 5.92 Å². The average molecular weight is 432 g/mol. The van der Waals surface area contributed by atoms with Gasteiger partial charge < -0.3 is 19.3 Å². The van der Waals surface area contributed by atoms with Crippen molar-refractivity contribution in [2.45, 2.75) is 50.9 Å². The minimum Gasteiger partial charge on any atom is -0.497 e. The maximum Gasteiger partial charge on any atom is 0.303 e. The molecule has 7 nitrogen and oxygen atoms in total. The van der Waals surface area contributed by atoms with Crippen molar-refractivity contribution < 1.29 is 28.9 Å². The van der Waals surface area contributed by atoms with Crippen LogP contribution >= 0.6 is 0 Å². The van der Waals surface area contributed by atoms with Crippen LogP contribution in [0.1, 0.15) is 37.7 Å². The predicted octanol–water partition coefficient (Wildman–Crippen LogP) is 3.07. The molecule has 1 heterocycles. The van der Waals surface area contributed by atoms with Gasteiger partial charge in [0.25, 0.3) is 0 Å². The highest BCUT2D eigenvalue weighted by Crippen LogP contribution is 2.34. The number of hydrogen-bond donors (Lipinski definition) is 1. The highest BCUT2D eigenvalue weighted by atomic mass is 16.5. The van der Waals surface area contributed by atoms with Crippen molar-refractivity contribution in [1.29, 1.82) is 0 Å². The van der Waals surface area contributed by atoms with Crippen LogP contribution in [0.3, 0.4) is 0 Å². The van der Waals surface area contributed by atoms with Crippen LogP contribution in [-0.4, -0.2) is 67.3 Å². The molecule has 0 amide bonds. The Morgan fingerprint density at radius 1 is 1.19 bits per heavy atom. The average Bonchev–Trinajstić information content (AvgIpc) is 3.10. The Balaban J connectivity index is 1.61. The van der Waals surface area contributed by atoms with Crippen molar-refractivity contribution >= 4 is 11.8 Å². The van der Waals surface area contributed by atoms with Crippen LogP contribution < -0.4 is 4.74 Å². The Labute approximate surface area is 184 Å². The number of morpholine rings is 1. The molecule has 0 unspecified atom stereocenters. The molecule has 0 bridgehead atoms. The number of Topliss-reactive ketones (excluding diaryl/α,β-unsaturated/α-hetero) is 1. The zero-order valence-electron chi connectivity index (χ0n) is 18.2. The van der Waals surface area contributed by atoms with Gasteiger partial charge in [0.2, 0.25) is 0 Å². The number of nitrogens with zero attached hydrogens (tertiary/aromatic N) is 1. The zero-order valence-corrected chi connectivity index (χ0v) is 18.2. The van der Waals surface area contributed by atoms with Crippen molar-refractivity contribution in [3.8, 4) is 5.75 Å². The second kappa shape index (κ2) is 12.0. The SMILES string of the molecule is COc1ccc(CO[C@H]2CC(=O)[C@H](N3CCOCC3)[C@H]2CCC=CCCC(=O)O)cc1. The lowest BCUT2D eigenvalue weighted by Gasteiger charge is -2.35. The van der Waals surface area contributed by atoms with Gasteiger partial charge in [0, 0.05) is 31.8 Å². The topological polar surface area (TPSA) is 85.3 Å². The molecule has 2 aliphatic rings. The molecule has 170 valence electrons. The number of hydrogen-bond acceptors (Lipinski definition) is 6. The molecule has 1 saturated heterocycles. The van der Waals surface area contributed by atoms with Gasteiger partial charge in [0.1, 0.15) is 5.75 Å². The van der Waals surface area contributed by atoms with E-state index in [1.54, 1.807) is 7.11 Å². The van der Waals surface area contributed by atoms with Crippen molar-refractivity contribution in [3.05, 3.63) is 42.0 Å². The number of aliphatic carboxylic acids is 1. The first-order valence-corrected chi connectivity index (χ1v) is 11.0. The minimum absolute atomic E-state index is 0.116. The van der Waals surface area contributed by atoms with Gasteiger partial charge >= 0.3 is 5.97 Å². The summed E-state index contributed by atoms with van der Waals surface area (Å²) < 4.78 is 16.9. The van der Waals surface area contributed by atoms with Crippen LogP contribution in [0.15, 0.2) is 36.4 Å². The number of allylic oxidation sites excluding steroid dienone is 2. The number of ether oxygens (including phenoxy) is 3. The van der Waals surface area contributed by atoms with Crippen LogP contribution in [0.2, 0.25) is 0 Å². The molecular formula is C24H33NO6. The van der Waals surface area contributed by atoms with Crippen LogP contribution in [-0.2, 0) is 25.7 Å². The van der Waals surface area contributed by atoms with Crippen LogP contribution in [0.25, 0.3) is 0 Å². The van der Waals surface area contributed by atoms with E-state index in [0.717, 1.165) is 37.2 Å². The van der Waals surface area contributed by atoms with Crippen molar-refractivity contribution in [1.82, 2.24) is 4.90 Å². The summed E-state index contributed by atoms with van der Waals surface area (Å²) in [6.07, 6.45) is 6.59. The van der Waals surface area contributed by atoms with E-state index in [1.807, 2.05) is 36.4 Å². The maximum absolute atomic E-state index is 12.9. The normalized spacial score (nSPS) is 24.7. The van der Waals surface area contributed by atoms with E-state index in [-0.39, 0.29) is 30.3 Å². The van der Waals surface area contributed by atoms with Gasteiger partial charge in [-0.05, 0) is 37.0 Å². The molecule has 0 aromatic heterocycles. The molecule has 3 atom stereocenters. The van der Waals surface area contributed by atoms with Gasteiger partial charge in [-0.25, -0.2) is 0 Å². The fourth-order valence-electron chi connectivity index (χ4n) is 4.43. The quantitative estimate of drug-likeness (QED) is 0.539. The number of carbonyl (C=O) groups excluding carboxylic acids is 1. The van der Waals surface area contributed by atoms with Gasteiger partial charge in [0.15, 0.2) is 5.78 Å². The van der Waals surface area contributed by atoms with Crippen molar-refractivity contribution in [3.63, 3.8) is 0 Å². The summed E-state index contributed by atoms with van der Waals surface area (Å²) in [6, 6.07) is 7.66. The standard InChI is InChI=1S/C24H33NO6/c1-29-19-10-8-18(9-11-19)17-31-22-16-21(26)24(25-12-14-30-15-13-25)20(22)6-4-2-3-5-7-23(27)28/h2-3,8-11,20,22,24H,4-7,12-17H2,1H3,(H,27,28)/t20-,22-,24+/m0/s1. The van der Waals surface area contributed by atoms with Gasteiger partial charge in [-0.1, -0.05) is 24.3 Å². The maximum atomic E-state index is 12.9. The number of carbonyl (C=O) groups is 2. The lowest BCUT2D eigenvalue weighted by molar-refractivity contribution is -0.136. The summed E-state index contributed by atoms with van der Waals surface area (Å²) in [5, 5.41) is 8.76. The van der Waals surface area contributed by atoms with E-state index in [0.29, 0.717) is 32.7 Å². The van der Waals surface area contributed by atoms with E-state index in [4.69, 9.17) is 19.3 Å². The minimum atomic E-state index is -0.787. The second-order valence-corrected chi connectivity index (χ2v) is 8.11. The third-order valence-electron chi connectivity index (χ3n) is 6.04. The Hall–Kier alpha value is -2.22. The highest BCUT2D eigenvalue weighted by molar-refractivity contribution is 5.87. The van der Waals surface area contributed by atoms with E-state index in [9.17, 15) is 9.59 Å². The zero-order chi connectivity index (χ0) is 22.1. The Morgan fingerprint density at radius 2 is 1.90 bits per heavy atom. The third kappa shape index (κ3) is 6.89. The Bertz CT molecular complexity index is 741. The number of carboxylic acids is 1. The van der Waals surface area contributed by atoms with Gasteiger partial charge in [0.05, 0.1) is 39.1 Å². The molecule has 1 N–H and O–H groups in total. The first-order valence-electron chi connectivity index (χ1n) is 11.0. The largest absolute Gasteiger partial charge is 0.497 e. The first kappa shape index (κ1) is 23.4. The second-order valence-electron chi connectivity index (χ2n) is 8.11. The number of carboxylic acid groups (broad SMARTS) is 1. The van der Waals surface area contributed by atoms with Gasteiger partial charge in [-0.2, -0.15) is 0 Å². The van der Waals surface area contributed by atoms with Gasteiger partial charge in [-0.15, -0.1) is 0 Å². The Morgan fingerprint density at radius 3 is 2.58 bits per heavy atom. The molecule has 2 fully saturated rings. The monoisotopic (exact) mass is 431 g/mol. The molecule has 7 heteroatoms. The molecule has 31 heavy (non-hydrogen) atoms. The van der Waals surface area contributed by atoms with E-state index in [1.165, 1.54) is 0 Å². The van der Waals surface area contributed by atoms with Crippen LogP contribution in [0.5, 0.6) is 5.75 Å². The van der Waals surface area contributed by atoms with E-state index < -0.39 is 5.97 Å². The molecule has 0 radical (unpaired) electrons. The predicted molar refractivity (Wildman–Crippen MR) is 116 cm³/mol. The summed E-state index contributed by atoms with van der Waals surface area (Å²) >= 11 is 0. The van der Waals surface area contributed by atoms with Crippen molar-refractivity contribution in [2.75, 3.05) is 33.4 Å². The molecule has 1 aliphatic carbocycles. The highest BCUT2D eigenvalue weighted by Gasteiger charge is 2.45. The molecule has 1 aliphatic heterocycles. The fraction of sp³-hybridized carbons (Fsp3) is 0.583. The molecule has 1 aromatic carbocycles. The van der Waals surface area contributed by atoms with E-state index >= 15 is 0 Å². The number of ketones is 1. The number of rotatable bonds is 11. The van der Waals surface area contributed by atoms with Gasteiger partial charge in [-0.3, -0.25) is 14.5 Å². The molecule has 3 rings (SSSR count). The van der Waals surface area contributed by atoms with Crippen LogP contribution in [0.4, 0.5) is 0 Å². The number of methoxy groups -OCH3 is 1. The van der Waals surface area contributed by atoms with E-state index in [2.05, 4.69) is 4.90 Å². The summed E-state index contributed by atoms with van der Waals surface area (Å²) in [5.41, 5.74) is 1.05. The molecule has 1 saturated carbocycles. The summed E-state index contributed by atoms with van der Waals surface area (Å²) in [4.78, 5) is 25.8. The molecule has 0 spiro atoms. The smallest absolute Gasteiger partial charge is 0.303 e. The fourth-order valence-corrected chi connectivity index (χ4v) is 4.43. The summed E-state index contributed by atoms with van der Waals surface area (Å²) in [6.45, 7) is 3.31. The first-order chi connectivity index (χ1) is 15.1.